The summed E-state index contributed by atoms with van der Waals surface area (Å²) in [5, 5.41) is 9.11. The molecule has 0 spiro atoms. The Balaban J connectivity index is 0.000000541. The summed E-state index contributed by atoms with van der Waals surface area (Å²) >= 11 is 0. The Morgan fingerprint density at radius 1 is 1.10 bits per heavy atom. The van der Waals surface area contributed by atoms with E-state index in [0.29, 0.717) is 19.4 Å². The highest BCUT2D eigenvalue weighted by atomic mass is 28.4. The van der Waals surface area contributed by atoms with Crippen molar-refractivity contribution in [3.8, 4) is 0 Å². The summed E-state index contributed by atoms with van der Waals surface area (Å²) in [5.41, 5.74) is 0. The summed E-state index contributed by atoms with van der Waals surface area (Å²) < 4.78 is 16.8. The van der Waals surface area contributed by atoms with E-state index in [1.54, 1.807) is 0 Å². The molecule has 2 atom stereocenters. The molecule has 6 nitrogen and oxygen atoms in total. The lowest BCUT2D eigenvalue weighted by Gasteiger charge is -2.38. The average Bonchev–Trinajstić information content (AvgIpc) is 2.89. The maximum atomic E-state index is 11.3. The average molecular weight is 449 g/mol. The van der Waals surface area contributed by atoms with Gasteiger partial charge in [0.25, 0.3) is 0 Å². The van der Waals surface area contributed by atoms with Crippen LogP contribution in [-0.2, 0) is 23.2 Å². The SMILES string of the molecule is CC(=O)C(CCO)O[Si](C)(C)C(C)(C)C.CC(C)(C)[Si](C)(C)OC1CCOC1=O. The first kappa shape index (κ1) is 28.5. The minimum atomic E-state index is -1.90. The lowest BCUT2D eigenvalue weighted by Crippen LogP contribution is -2.45. The number of ketones is 1. The van der Waals surface area contributed by atoms with E-state index < -0.39 is 22.7 Å². The molecule has 1 rings (SSSR count). The highest BCUT2D eigenvalue weighted by molar-refractivity contribution is 6.74. The molecule has 1 heterocycles. The van der Waals surface area contributed by atoms with Gasteiger partial charge in [-0.05, 0) is 43.2 Å². The van der Waals surface area contributed by atoms with Gasteiger partial charge in [-0.2, -0.15) is 0 Å². The summed E-state index contributed by atoms with van der Waals surface area (Å²) in [5.74, 6) is -0.177. The maximum absolute atomic E-state index is 11.3. The second-order valence-corrected chi connectivity index (χ2v) is 20.3. The Labute approximate surface area is 180 Å². The molecule has 29 heavy (non-hydrogen) atoms. The third kappa shape index (κ3) is 9.00. The van der Waals surface area contributed by atoms with Gasteiger partial charge in [-0.15, -0.1) is 0 Å². The molecule has 0 aromatic carbocycles. The number of aliphatic hydroxyl groups is 1. The van der Waals surface area contributed by atoms with E-state index in [-0.39, 0.29) is 34.5 Å². The normalized spacial score (nSPS) is 19.3. The molecule has 1 N–H and O–H groups in total. The molecule has 0 bridgehead atoms. The van der Waals surface area contributed by atoms with Crippen LogP contribution in [0.1, 0.15) is 61.3 Å². The molecule has 1 aliphatic rings. The summed E-state index contributed by atoms with van der Waals surface area (Å²) in [4.78, 5) is 22.6. The highest BCUT2D eigenvalue weighted by Gasteiger charge is 2.42. The largest absolute Gasteiger partial charge is 0.464 e. The summed E-state index contributed by atoms with van der Waals surface area (Å²) in [6.45, 7) is 23.5. The first-order valence-electron chi connectivity index (χ1n) is 10.5. The molecule has 0 amide bonds. The van der Waals surface area contributed by atoms with Crippen LogP contribution < -0.4 is 0 Å². The van der Waals surface area contributed by atoms with E-state index in [1.165, 1.54) is 6.92 Å². The predicted molar refractivity (Wildman–Crippen MR) is 122 cm³/mol. The zero-order valence-electron chi connectivity index (χ0n) is 20.5. The lowest BCUT2D eigenvalue weighted by molar-refractivity contribution is -0.143. The quantitative estimate of drug-likeness (QED) is 0.450. The van der Waals surface area contributed by atoms with Crippen molar-refractivity contribution in [2.75, 3.05) is 13.2 Å². The molecule has 0 radical (unpaired) electrons. The van der Waals surface area contributed by atoms with Gasteiger partial charge in [0.1, 0.15) is 12.2 Å². The number of esters is 1. The van der Waals surface area contributed by atoms with E-state index in [2.05, 4.69) is 67.7 Å². The number of carbonyl (C=O) groups excluding carboxylic acids is 2. The summed E-state index contributed by atoms with van der Waals surface area (Å²) in [7, 11) is -3.71. The molecular formula is C21H44O6Si2. The van der Waals surface area contributed by atoms with Crippen molar-refractivity contribution < 1.29 is 28.3 Å². The molecule has 1 aliphatic heterocycles. The van der Waals surface area contributed by atoms with E-state index in [9.17, 15) is 9.59 Å². The molecule has 8 heteroatoms. The van der Waals surface area contributed by atoms with Crippen LogP contribution in [-0.4, -0.2) is 58.9 Å². The number of cyclic esters (lactones) is 1. The Morgan fingerprint density at radius 2 is 1.59 bits per heavy atom. The first-order chi connectivity index (χ1) is 12.9. The fraction of sp³-hybridized carbons (Fsp3) is 0.905. The zero-order valence-corrected chi connectivity index (χ0v) is 22.5. The Kier molecular flexibility index (Phi) is 10.5. The van der Waals surface area contributed by atoms with Crippen LogP contribution in [0.5, 0.6) is 0 Å². The second kappa shape index (κ2) is 10.7. The summed E-state index contributed by atoms with van der Waals surface area (Å²) in [6, 6.07) is 0. The standard InChI is InChI=1S/C11H24O3Si.C10H20O3Si/c1-9(13)10(7-8-12)14-15(5,6)11(2,3)4;1-10(2,3)14(4,5)13-8-6-7-12-9(8)11/h10,12H,7-8H2,1-6H3;8H,6-7H2,1-5H3. The van der Waals surface area contributed by atoms with Gasteiger partial charge in [-0.3, -0.25) is 4.79 Å². The van der Waals surface area contributed by atoms with Gasteiger partial charge < -0.3 is 18.7 Å². The molecule has 0 aromatic rings. The van der Waals surface area contributed by atoms with Crippen LogP contribution in [0.2, 0.25) is 36.3 Å². The highest BCUT2D eigenvalue weighted by Crippen LogP contribution is 2.38. The third-order valence-corrected chi connectivity index (χ3v) is 15.2. The molecular weight excluding hydrogens is 404 g/mol. The fourth-order valence-electron chi connectivity index (χ4n) is 2.11. The molecule has 1 saturated heterocycles. The van der Waals surface area contributed by atoms with Gasteiger partial charge in [0, 0.05) is 19.4 Å². The minimum Gasteiger partial charge on any atom is -0.464 e. The zero-order chi connectivity index (χ0) is 23.3. The van der Waals surface area contributed by atoms with E-state index >= 15 is 0 Å². The van der Waals surface area contributed by atoms with Gasteiger partial charge in [0.15, 0.2) is 22.4 Å². The number of ether oxygens (including phenoxy) is 1. The Bertz CT molecular complexity index is 546. The van der Waals surface area contributed by atoms with Crippen molar-refractivity contribution in [2.45, 2.75) is 110 Å². The lowest BCUT2D eigenvalue weighted by atomic mass is 10.2. The van der Waals surface area contributed by atoms with Crippen LogP contribution in [0, 0.1) is 0 Å². The number of hydrogen-bond acceptors (Lipinski definition) is 6. The Hall–Kier alpha value is -0.546. The summed E-state index contributed by atoms with van der Waals surface area (Å²) in [6.07, 6.45) is 0.375. The second-order valence-electron chi connectivity index (χ2n) is 10.8. The molecule has 172 valence electrons. The number of rotatable bonds is 7. The van der Waals surface area contributed by atoms with E-state index in [1.807, 2.05) is 0 Å². The number of Topliss-reactive ketones (excluding diaryl/α,β-unsaturated/α-hetero) is 1. The molecule has 1 fully saturated rings. The van der Waals surface area contributed by atoms with Gasteiger partial charge >= 0.3 is 5.97 Å². The van der Waals surface area contributed by atoms with Crippen LogP contribution in [0.25, 0.3) is 0 Å². The van der Waals surface area contributed by atoms with Crippen molar-refractivity contribution >= 4 is 28.4 Å². The smallest absolute Gasteiger partial charge is 0.334 e. The maximum Gasteiger partial charge on any atom is 0.334 e. The molecule has 2 unspecified atom stereocenters. The van der Waals surface area contributed by atoms with Crippen molar-refractivity contribution in [2.24, 2.45) is 0 Å². The molecule has 0 aromatic heterocycles. The van der Waals surface area contributed by atoms with Crippen LogP contribution in [0.4, 0.5) is 0 Å². The predicted octanol–water partition coefficient (Wildman–Crippen LogP) is 4.67. The number of aliphatic hydroxyl groups excluding tert-OH is 1. The van der Waals surface area contributed by atoms with E-state index in [4.69, 9.17) is 18.7 Å². The minimum absolute atomic E-state index is 0.00112. The van der Waals surface area contributed by atoms with Gasteiger partial charge in [-0.1, -0.05) is 41.5 Å². The van der Waals surface area contributed by atoms with Crippen LogP contribution >= 0.6 is 0 Å². The first-order valence-corrected chi connectivity index (χ1v) is 16.3. The van der Waals surface area contributed by atoms with Crippen molar-refractivity contribution in [3.05, 3.63) is 0 Å². The van der Waals surface area contributed by atoms with Crippen LogP contribution in [0.15, 0.2) is 0 Å². The van der Waals surface area contributed by atoms with Gasteiger partial charge in [0.05, 0.1) is 6.61 Å². The fourth-order valence-corrected chi connectivity index (χ4v) is 4.74. The van der Waals surface area contributed by atoms with Gasteiger partial charge in [-0.25, -0.2) is 4.79 Å². The van der Waals surface area contributed by atoms with Gasteiger partial charge in [0.2, 0.25) is 0 Å². The third-order valence-electron chi connectivity index (χ3n) is 6.22. The van der Waals surface area contributed by atoms with Crippen LogP contribution in [0.3, 0.4) is 0 Å². The number of carbonyl (C=O) groups is 2. The molecule has 0 saturated carbocycles. The van der Waals surface area contributed by atoms with Crippen molar-refractivity contribution in [3.63, 3.8) is 0 Å². The van der Waals surface area contributed by atoms with Crippen molar-refractivity contribution in [1.82, 2.24) is 0 Å². The van der Waals surface area contributed by atoms with E-state index in [0.717, 1.165) is 0 Å². The molecule has 0 aliphatic carbocycles. The van der Waals surface area contributed by atoms with Crippen molar-refractivity contribution in [1.29, 1.82) is 0 Å². The Morgan fingerprint density at radius 3 is 1.90 bits per heavy atom. The number of hydrogen-bond donors (Lipinski definition) is 1. The monoisotopic (exact) mass is 448 g/mol. The topological polar surface area (TPSA) is 82.1 Å².